The zero-order valence-corrected chi connectivity index (χ0v) is 45.0. The van der Waals surface area contributed by atoms with Crippen LogP contribution in [0.5, 0.6) is 0 Å². The summed E-state index contributed by atoms with van der Waals surface area (Å²) in [7, 11) is 0. The van der Waals surface area contributed by atoms with Crippen LogP contribution in [-0.2, 0) is 28.6 Å². The molecule has 0 aliphatic heterocycles. The second-order valence-electron chi connectivity index (χ2n) is 18.2. The van der Waals surface area contributed by atoms with Crippen LogP contribution in [0.2, 0.25) is 0 Å². The standard InChI is InChI=1S/C64H102O6/c1-4-7-10-13-16-19-22-25-28-30-32-34-36-39-42-45-48-51-54-57-63(66)69-60-61(59-68-62(65)56-53-50-47-44-41-38-35-27-24-21-18-15-12-9-6-3)70-64(67)58-55-52-49-46-43-40-37-33-31-29-26-23-20-17-14-11-8-5-2/h7,10,16-21,23-29,31-34,37,39,42,61H,4-6,8-9,11-15,22,30,35-36,38,40-41,43-60H2,1-3H3/b10-7-,19-16-,20-17-,21-18-,26-23-,27-24-,28-25-,31-29-,34-32-,37-33-,42-39-. The summed E-state index contributed by atoms with van der Waals surface area (Å²) in [6.45, 7) is 6.39. The van der Waals surface area contributed by atoms with Gasteiger partial charge in [0.2, 0.25) is 0 Å². The molecule has 70 heavy (non-hydrogen) atoms. The molecule has 6 heteroatoms. The summed E-state index contributed by atoms with van der Waals surface area (Å²) in [6, 6.07) is 0. The van der Waals surface area contributed by atoms with Gasteiger partial charge in [-0.2, -0.15) is 0 Å². The quantitative estimate of drug-likeness (QED) is 0.0199. The average molecular weight is 968 g/mol. The fourth-order valence-corrected chi connectivity index (χ4v) is 7.23. The van der Waals surface area contributed by atoms with Crippen molar-refractivity contribution in [1.82, 2.24) is 0 Å². The van der Waals surface area contributed by atoms with Crippen LogP contribution in [0.1, 0.15) is 233 Å². The minimum absolute atomic E-state index is 0.109. The zero-order valence-electron chi connectivity index (χ0n) is 45.0. The van der Waals surface area contributed by atoms with Gasteiger partial charge in [-0.15, -0.1) is 0 Å². The van der Waals surface area contributed by atoms with Gasteiger partial charge in [0.25, 0.3) is 0 Å². The smallest absolute Gasteiger partial charge is 0.306 e. The first-order chi connectivity index (χ1) is 34.5. The van der Waals surface area contributed by atoms with Crippen LogP contribution < -0.4 is 0 Å². The van der Waals surface area contributed by atoms with Gasteiger partial charge in [0.15, 0.2) is 6.10 Å². The lowest BCUT2D eigenvalue weighted by molar-refractivity contribution is -0.167. The molecule has 0 fully saturated rings. The highest BCUT2D eigenvalue weighted by molar-refractivity contribution is 5.71. The van der Waals surface area contributed by atoms with Crippen molar-refractivity contribution in [1.29, 1.82) is 0 Å². The first kappa shape index (κ1) is 65.5. The number of carbonyl (C=O) groups excluding carboxylic acids is 3. The Morgan fingerprint density at radius 2 is 0.614 bits per heavy atom. The van der Waals surface area contributed by atoms with Gasteiger partial charge in [0.1, 0.15) is 13.2 Å². The van der Waals surface area contributed by atoms with Gasteiger partial charge in [-0.25, -0.2) is 0 Å². The SMILES string of the molecule is CC/C=C\C/C=C\C/C=C\C/C=C\C/C=C\CCCCCC(=O)OCC(COC(=O)CCCCCCCC/C=C\C=C/CCCCC)OC(=O)CCCCCCC\C=C/C=C\C=C/C=C\CCCCC. The van der Waals surface area contributed by atoms with Crippen LogP contribution in [0.3, 0.4) is 0 Å². The van der Waals surface area contributed by atoms with Crippen molar-refractivity contribution in [2.75, 3.05) is 13.2 Å². The zero-order chi connectivity index (χ0) is 50.7. The molecule has 0 aromatic carbocycles. The van der Waals surface area contributed by atoms with Crippen LogP contribution in [0.25, 0.3) is 0 Å². The molecule has 0 heterocycles. The minimum atomic E-state index is -0.815. The van der Waals surface area contributed by atoms with Crippen LogP contribution in [0.15, 0.2) is 134 Å². The van der Waals surface area contributed by atoms with E-state index in [9.17, 15) is 14.4 Å². The van der Waals surface area contributed by atoms with Crippen molar-refractivity contribution >= 4 is 17.9 Å². The number of hydrogen-bond acceptors (Lipinski definition) is 6. The molecule has 0 radical (unpaired) electrons. The van der Waals surface area contributed by atoms with Gasteiger partial charge in [-0.3, -0.25) is 14.4 Å². The number of rotatable bonds is 49. The minimum Gasteiger partial charge on any atom is -0.462 e. The molecule has 1 atom stereocenters. The third-order valence-corrected chi connectivity index (χ3v) is 11.5. The molecular formula is C64H102O6. The number of esters is 3. The Morgan fingerprint density at radius 1 is 0.314 bits per heavy atom. The molecule has 0 amide bonds. The lowest BCUT2D eigenvalue weighted by Gasteiger charge is -2.18. The predicted octanol–water partition coefficient (Wildman–Crippen LogP) is 19.0. The van der Waals surface area contributed by atoms with E-state index in [4.69, 9.17) is 14.2 Å². The highest BCUT2D eigenvalue weighted by Gasteiger charge is 2.19. The summed E-state index contributed by atoms with van der Waals surface area (Å²) in [5.41, 5.74) is 0. The van der Waals surface area contributed by atoms with Gasteiger partial charge >= 0.3 is 17.9 Å². The van der Waals surface area contributed by atoms with Crippen molar-refractivity contribution in [2.45, 2.75) is 239 Å². The summed E-state index contributed by atoms with van der Waals surface area (Å²) < 4.78 is 16.8. The molecule has 0 aromatic heterocycles. The Bertz CT molecular complexity index is 1530. The summed E-state index contributed by atoms with van der Waals surface area (Å²) in [5, 5.41) is 0. The lowest BCUT2D eigenvalue weighted by Crippen LogP contribution is -2.30. The van der Waals surface area contributed by atoms with Crippen molar-refractivity contribution in [2.24, 2.45) is 0 Å². The number of hydrogen-bond donors (Lipinski definition) is 0. The molecule has 0 aliphatic rings. The molecule has 0 aliphatic carbocycles. The number of unbranched alkanes of at least 4 members (excludes halogenated alkanes) is 20. The number of ether oxygens (including phenoxy) is 3. The normalized spacial score (nSPS) is 13.1. The van der Waals surface area contributed by atoms with E-state index in [2.05, 4.69) is 154 Å². The maximum Gasteiger partial charge on any atom is 0.306 e. The number of carbonyl (C=O) groups is 3. The van der Waals surface area contributed by atoms with Gasteiger partial charge < -0.3 is 14.2 Å². The van der Waals surface area contributed by atoms with Crippen molar-refractivity contribution in [3.63, 3.8) is 0 Å². The van der Waals surface area contributed by atoms with Crippen molar-refractivity contribution in [3.8, 4) is 0 Å². The fraction of sp³-hybridized carbons (Fsp3) is 0.609. The largest absolute Gasteiger partial charge is 0.462 e. The van der Waals surface area contributed by atoms with Gasteiger partial charge in [0.05, 0.1) is 0 Å². The highest BCUT2D eigenvalue weighted by atomic mass is 16.6. The van der Waals surface area contributed by atoms with E-state index >= 15 is 0 Å². The Morgan fingerprint density at radius 3 is 1.03 bits per heavy atom. The van der Waals surface area contributed by atoms with Gasteiger partial charge in [-0.05, 0) is 116 Å². The van der Waals surface area contributed by atoms with Crippen LogP contribution in [-0.4, -0.2) is 37.2 Å². The molecule has 0 aromatic rings. The van der Waals surface area contributed by atoms with E-state index in [1.165, 1.54) is 57.8 Å². The first-order valence-corrected chi connectivity index (χ1v) is 28.3. The Kier molecular flexibility index (Phi) is 53.5. The first-order valence-electron chi connectivity index (χ1n) is 28.3. The Balaban J connectivity index is 4.55. The van der Waals surface area contributed by atoms with Crippen molar-refractivity contribution < 1.29 is 28.6 Å². The van der Waals surface area contributed by atoms with Crippen LogP contribution in [0, 0.1) is 0 Å². The summed E-state index contributed by atoms with van der Waals surface area (Å²) in [6.07, 6.45) is 80.0. The van der Waals surface area contributed by atoms with Gasteiger partial charge in [0, 0.05) is 19.3 Å². The average Bonchev–Trinajstić information content (AvgIpc) is 3.36. The second-order valence-corrected chi connectivity index (χ2v) is 18.2. The maximum atomic E-state index is 12.9. The van der Waals surface area contributed by atoms with Crippen molar-refractivity contribution in [3.05, 3.63) is 134 Å². The summed E-state index contributed by atoms with van der Waals surface area (Å²) in [5.74, 6) is -0.981. The molecule has 0 rings (SSSR count). The fourth-order valence-electron chi connectivity index (χ4n) is 7.23. The second kappa shape index (κ2) is 57.1. The van der Waals surface area contributed by atoms with E-state index in [-0.39, 0.29) is 37.5 Å². The molecule has 0 bridgehead atoms. The third kappa shape index (κ3) is 54.5. The van der Waals surface area contributed by atoms with E-state index in [0.717, 1.165) is 135 Å². The van der Waals surface area contributed by atoms with E-state index in [1.54, 1.807) is 0 Å². The summed E-state index contributed by atoms with van der Waals surface area (Å²) >= 11 is 0. The molecule has 0 saturated carbocycles. The maximum absolute atomic E-state index is 12.9. The summed E-state index contributed by atoms with van der Waals surface area (Å²) in [4.78, 5) is 38.2. The molecule has 1 unspecified atom stereocenters. The molecule has 0 N–H and O–H groups in total. The molecule has 394 valence electrons. The highest BCUT2D eigenvalue weighted by Crippen LogP contribution is 2.13. The monoisotopic (exact) mass is 967 g/mol. The number of allylic oxidation sites excluding steroid dienone is 22. The third-order valence-electron chi connectivity index (χ3n) is 11.5. The van der Waals surface area contributed by atoms with E-state index in [1.807, 2.05) is 0 Å². The predicted molar refractivity (Wildman–Crippen MR) is 302 cm³/mol. The molecular weight excluding hydrogens is 865 g/mol. The van der Waals surface area contributed by atoms with E-state index in [0.29, 0.717) is 12.8 Å². The molecule has 0 saturated heterocycles. The van der Waals surface area contributed by atoms with Gasteiger partial charge in [-0.1, -0.05) is 231 Å². The topological polar surface area (TPSA) is 78.9 Å². The molecule has 6 nitrogen and oxygen atoms in total. The van der Waals surface area contributed by atoms with E-state index < -0.39 is 6.10 Å². The Labute approximate surface area is 430 Å². The lowest BCUT2D eigenvalue weighted by atomic mass is 10.1. The Hall–Kier alpha value is -4.45. The van der Waals surface area contributed by atoms with Crippen LogP contribution >= 0.6 is 0 Å². The molecule has 0 spiro atoms. The van der Waals surface area contributed by atoms with Crippen LogP contribution in [0.4, 0.5) is 0 Å².